The van der Waals surface area contributed by atoms with E-state index >= 15 is 0 Å². The first-order valence-electron chi connectivity index (χ1n) is 10.8. The van der Waals surface area contributed by atoms with Gasteiger partial charge in [0.25, 0.3) is 5.91 Å². The molecule has 0 bridgehead atoms. The summed E-state index contributed by atoms with van der Waals surface area (Å²) in [4.78, 5) is 33.8. The molecule has 9 heteroatoms. The SMILES string of the molecule is CN1CCC2(CCCCN(C(=O)c3cn(C)cn3)CC[C@H](O)[C@H](O)COC2=O)CC1. The van der Waals surface area contributed by atoms with Gasteiger partial charge in [0.05, 0.1) is 17.8 Å². The lowest BCUT2D eigenvalue weighted by Gasteiger charge is -2.39. The number of aryl methyl sites for hydroxylation is 1. The Kier molecular flexibility index (Phi) is 7.49. The fourth-order valence-corrected chi connectivity index (χ4v) is 4.27. The number of aliphatic hydroxyl groups excluding tert-OH is 2. The minimum atomic E-state index is -1.18. The van der Waals surface area contributed by atoms with Gasteiger partial charge in [0.2, 0.25) is 0 Å². The molecule has 3 rings (SSSR count). The fraction of sp³-hybridized carbons (Fsp3) is 0.762. The molecule has 30 heavy (non-hydrogen) atoms. The van der Waals surface area contributed by atoms with E-state index in [-0.39, 0.29) is 24.9 Å². The number of aromatic nitrogens is 2. The summed E-state index contributed by atoms with van der Waals surface area (Å²) in [7, 11) is 3.85. The number of rotatable bonds is 1. The highest BCUT2D eigenvalue weighted by atomic mass is 16.5. The average Bonchev–Trinajstić information content (AvgIpc) is 3.17. The molecular weight excluding hydrogens is 388 g/mol. The van der Waals surface area contributed by atoms with E-state index in [1.807, 2.05) is 14.1 Å². The van der Waals surface area contributed by atoms with Crippen molar-refractivity contribution < 1.29 is 24.5 Å². The van der Waals surface area contributed by atoms with Crippen LogP contribution >= 0.6 is 0 Å². The predicted octanol–water partition coefficient (Wildman–Crippen LogP) is 0.413. The van der Waals surface area contributed by atoms with Gasteiger partial charge in [0.1, 0.15) is 18.4 Å². The second kappa shape index (κ2) is 9.89. The zero-order valence-corrected chi connectivity index (χ0v) is 18.0. The van der Waals surface area contributed by atoms with Crippen molar-refractivity contribution in [1.29, 1.82) is 0 Å². The minimum absolute atomic E-state index is 0.187. The third kappa shape index (κ3) is 5.39. The third-order valence-electron chi connectivity index (χ3n) is 6.45. The van der Waals surface area contributed by atoms with Gasteiger partial charge in [0, 0.05) is 26.3 Å². The van der Waals surface area contributed by atoms with Crippen molar-refractivity contribution in [2.24, 2.45) is 12.5 Å². The Labute approximate surface area is 177 Å². The van der Waals surface area contributed by atoms with Crippen LogP contribution in [0.25, 0.3) is 0 Å². The molecule has 2 N–H and O–H groups in total. The molecule has 0 aromatic carbocycles. The number of aliphatic hydroxyl groups is 2. The van der Waals surface area contributed by atoms with Gasteiger partial charge in [-0.2, -0.15) is 0 Å². The maximum Gasteiger partial charge on any atom is 0.312 e. The molecule has 1 spiro atoms. The molecule has 2 aliphatic heterocycles. The average molecular weight is 423 g/mol. The van der Waals surface area contributed by atoms with Gasteiger partial charge >= 0.3 is 5.97 Å². The first-order chi connectivity index (χ1) is 14.3. The molecule has 1 amide bonds. The summed E-state index contributed by atoms with van der Waals surface area (Å²) >= 11 is 0. The van der Waals surface area contributed by atoms with Crippen LogP contribution in [0.3, 0.4) is 0 Å². The molecule has 2 fully saturated rings. The smallest absolute Gasteiger partial charge is 0.312 e. The number of likely N-dealkylation sites (tertiary alicyclic amines) is 1. The minimum Gasteiger partial charge on any atom is -0.462 e. The van der Waals surface area contributed by atoms with Gasteiger partial charge in [-0.05, 0) is 52.2 Å². The molecule has 0 aliphatic carbocycles. The molecule has 1 aromatic rings. The molecule has 2 aliphatic rings. The van der Waals surface area contributed by atoms with Crippen LogP contribution in [0, 0.1) is 5.41 Å². The van der Waals surface area contributed by atoms with E-state index in [0.29, 0.717) is 25.2 Å². The van der Waals surface area contributed by atoms with Crippen LogP contribution in [0.2, 0.25) is 0 Å². The van der Waals surface area contributed by atoms with Gasteiger partial charge < -0.3 is 29.3 Å². The number of hydrogen-bond donors (Lipinski definition) is 2. The summed E-state index contributed by atoms with van der Waals surface area (Å²) in [6, 6.07) is 0. The largest absolute Gasteiger partial charge is 0.462 e. The van der Waals surface area contributed by atoms with E-state index in [0.717, 1.165) is 38.8 Å². The number of cyclic esters (lactones) is 1. The van der Waals surface area contributed by atoms with Crippen molar-refractivity contribution in [3.05, 3.63) is 18.2 Å². The van der Waals surface area contributed by atoms with Crippen molar-refractivity contribution >= 4 is 11.9 Å². The number of piperidine rings is 1. The molecule has 2 atom stereocenters. The van der Waals surface area contributed by atoms with E-state index in [2.05, 4.69) is 9.88 Å². The van der Waals surface area contributed by atoms with Gasteiger partial charge in [-0.1, -0.05) is 6.42 Å². The second-order valence-electron chi connectivity index (χ2n) is 8.78. The summed E-state index contributed by atoms with van der Waals surface area (Å²) in [6.07, 6.45) is 4.90. The summed E-state index contributed by atoms with van der Waals surface area (Å²) in [5.74, 6) is -0.462. The first kappa shape index (κ1) is 22.7. The zero-order valence-electron chi connectivity index (χ0n) is 18.0. The second-order valence-corrected chi connectivity index (χ2v) is 8.78. The molecule has 168 valence electrons. The van der Waals surface area contributed by atoms with Gasteiger partial charge in [-0.25, -0.2) is 4.98 Å². The van der Waals surface area contributed by atoms with Crippen molar-refractivity contribution in [2.75, 3.05) is 39.8 Å². The molecule has 2 saturated heterocycles. The monoisotopic (exact) mass is 422 g/mol. The van der Waals surface area contributed by atoms with Crippen molar-refractivity contribution in [2.45, 2.75) is 50.7 Å². The Morgan fingerprint density at radius 3 is 2.50 bits per heavy atom. The molecule has 3 heterocycles. The van der Waals surface area contributed by atoms with E-state index in [9.17, 15) is 19.8 Å². The maximum atomic E-state index is 12.9. The van der Waals surface area contributed by atoms with E-state index in [1.165, 1.54) is 0 Å². The van der Waals surface area contributed by atoms with Crippen LogP contribution in [0.4, 0.5) is 0 Å². The van der Waals surface area contributed by atoms with Gasteiger partial charge in [0.15, 0.2) is 0 Å². The summed E-state index contributed by atoms with van der Waals surface area (Å²) in [6.45, 7) is 2.24. The highest BCUT2D eigenvalue weighted by Gasteiger charge is 2.42. The lowest BCUT2D eigenvalue weighted by Crippen LogP contribution is -2.45. The number of nitrogens with zero attached hydrogens (tertiary/aromatic N) is 4. The van der Waals surface area contributed by atoms with Crippen LogP contribution in [-0.4, -0.2) is 93.5 Å². The number of amides is 1. The van der Waals surface area contributed by atoms with Crippen LogP contribution in [0.15, 0.2) is 12.5 Å². The predicted molar refractivity (Wildman–Crippen MR) is 110 cm³/mol. The normalized spacial score (nSPS) is 27.1. The molecule has 0 unspecified atom stereocenters. The van der Waals surface area contributed by atoms with Crippen molar-refractivity contribution in [3.8, 4) is 0 Å². The van der Waals surface area contributed by atoms with Crippen LogP contribution in [-0.2, 0) is 16.6 Å². The van der Waals surface area contributed by atoms with Crippen molar-refractivity contribution in [3.63, 3.8) is 0 Å². The number of esters is 1. The van der Waals surface area contributed by atoms with Crippen LogP contribution in [0.5, 0.6) is 0 Å². The van der Waals surface area contributed by atoms with Crippen LogP contribution in [0.1, 0.15) is 49.0 Å². The molecular formula is C21H34N4O5. The van der Waals surface area contributed by atoms with E-state index in [1.54, 1.807) is 22.0 Å². The lowest BCUT2D eigenvalue weighted by atomic mass is 9.74. The van der Waals surface area contributed by atoms with Crippen LogP contribution < -0.4 is 0 Å². The lowest BCUT2D eigenvalue weighted by molar-refractivity contribution is -0.164. The molecule has 0 radical (unpaired) electrons. The summed E-state index contributed by atoms with van der Waals surface area (Å²) in [5.41, 5.74) is -0.191. The van der Waals surface area contributed by atoms with E-state index < -0.39 is 17.6 Å². The number of ether oxygens (including phenoxy) is 1. The Morgan fingerprint density at radius 1 is 1.10 bits per heavy atom. The number of carbonyl (C=O) groups excluding carboxylic acids is 2. The zero-order chi connectivity index (χ0) is 21.7. The number of imidazole rings is 1. The third-order valence-corrected chi connectivity index (χ3v) is 6.45. The molecule has 1 aromatic heterocycles. The van der Waals surface area contributed by atoms with Gasteiger partial charge in [-0.15, -0.1) is 0 Å². The first-order valence-corrected chi connectivity index (χ1v) is 10.8. The quantitative estimate of drug-likeness (QED) is 0.631. The molecule has 9 nitrogen and oxygen atoms in total. The Morgan fingerprint density at radius 2 is 1.83 bits per heavy atom. The highest BCUT2D eigenvalue weighted by Crippen LogP contribution is 2.38. The maximum absolute atomic E-state index is 12.9. The van der Waals surface area contributed by atoms with Gasteiger partial charge in [-0.3, -0.25) is 9.59 Å². The Hall–Kier alpha value is -1.97. The summed E-state index contributed by atoms with van der Waals surface area (Å²) in [5, 5.41) is 20.6. The Balaban J connectivity index is 1.73. The summed E-state index contributed by atoms with van der Waals surface area (Å²) < 4.78 is 7.17. The Bertz CT molecular complexity index is 729. The molecule has 0 saturated carbocycles. The highest BCUT2D eigenvalue weighted by molar-refractivity contribution is 5.92. The topological polar surface area (TPSA) is 108 Å². The van der Waals surface area contributed by atoms with Crippen molar-refractivity contribution in [1.82, 2.24) is 19.4 Å². The van der Waals surface area contributed by atoms with E-state index in [4.69, 9.17) is 4.74 Å². The number of hydrogen-bond acceptors (Lipinski definition) is 7. The standard InChI is InChI=1S/C21H34N4O5/c1-23-11-7-21(8-12-23)6-3-4-9-25(19(28)16-13-24(2)15-22-16)10-5-17(26)18(27)14-30-20(21)29/h13,15,17-18,26-27H,3-12,14H2,1-2H3/t17-,18+/m0/s1. The fourth-order valence-electron chi connectivity index (χ4n) is 4.27. The number of carbonyl (C=O) groups is 2.